The van der Waals surface area contributed by atoms with Crippen LogP contribution in [0.25, 0.3) is 0 Å². The SMILES string of the molecule is CCCCCCCC(=O)N[C@@H](CCN)C(=O)N[C@H](C(=O)N[C@@H](CCN)C(=O)N[C@H]1CCNC(=O)[C@H]([C@@H](C)O)NC(=O)[C@H](CCN)NC(=O)[C@H](CCN)NC(=O)[C@H](CC(C)C)NC(=O)[C@@H](Cc2cc(F)c(F)c(F)c2)NC(=O)[C@@H](CCN)NC1=O)[C@H](C)O. The predicted molar refractivity (Wildman–Crippen MR) is 312 cm³/mol. The molecule has 2 rings (SSSR count). The maximum absolute atomic E-state index is 14.6. The Balaban J connectivity index is 2.75. The largest absolute Gasteiger partial charge is 0.391 e. The molecule has 492 valence electrons. The lowest BCUT2D eigenvalue weighted by molar-refractivity contribution is -0.137. The summed E-state index contributed by atoms with van der Waals surface area (Å²) < 4.78 is 43.5. The van der Waals surface area contributed by atoms with Gasteiger partial charge in [-0.2, -0.15) is 0 Å². The molecule has 0 unspecified atom stereocenters. The van der Waals surface area contributed by atoms with Gasteiger partial charge in [0.25, 0.3) is 0 Å². The Hall–Kier alpha value is -7.10. The summed E-state index contributed by atoms with van der Waals surface area (Å²) in [5.41, 5.74) is 28.8. The summed E-state index contributed by atoms with van der Waals surface area (Å²) in [4.78, 5) is 153. The van der Waals surface area contributed by atoms with E-state index in [0.29, 0.717) is 18.6 Å². The Morgan fingerprint density at radius 3 is 1.54 bits per heavy atom. The number of aliphatic hydroxyl groups excluding tert-OH is 2. The molecule has 29 nitrogen and oxygen atoms in total. The Morgan fingerprint density at radius 1 is 0.575 bits per heavy atom. The molecule has 0 aliphatic carbocycles. The molecular formula is C55H93F3N16O13. The van der Waals surface area contributed by atoms with Crippen LogP contribution in [0.3, 0.4) is 0 Å². The number of nitrogens with one attached hydrogen (secondary N) is 11. The van der Waals surface area contributed by atoms with E-state index in [4.69, 9.17) is 28.7 Å². The Bertz CT molecular complexity index is 2440. The fraction of sp³-hybridized carbons (Fsp3) is 0.691. The lowest BCUT2D eigenvalue weighted by Crippen LogP contribution is -2.62. The maximum Gasteiger partial charge on any atom is 0.245 e. The monoisotopic (exact) mass is 1240 g/mol. The third-order valence-electron chi connectivity index (χ3n) is 13.9. The number of aliphatic hydroxyl groups is 2. The molecule has 1 aliphatic heterocycles. The van der Waals surface area contributed by atoms with Crippen LogP contribution in [0.5, 0.6) is 0 Å². The minimum atomic E-state index is -1.87. The number of carbonyl (C=O) groups is 11. The van der Waals surface area contributed by atoms with Crippen molar-refractivity contribution < 1.29 is 76.1 Å². The quantitative estimate of drug-likeness (QED) is 0.0264. The second-order valence-corrected chi connectivity index (χ2v) is 21.8. The number of benzene rings is 1. The Labute approximate surface area is 504 Å². The van der Waals surface area contributed by atoms with E-state index in [1.165, 1.54) is 6.92 Å². The molecule has 23 N–H and O–H groups in total. The molecule has 1 fully saturated rings. The molecule has 32 heteroatoms. The third-order valence-corrected chi connectivity index (χ3v) is 13.9. The van der Waals surface area contributed by atoms with Gasteiger partial charge in [0.1, 0.15) is 60.4 Å². The molecule has 1 saturated heterocycles. The highest BCUT2D eigenvalue weighted by molar-refractivity contribution is 5.99. The third kappa shape index (κ3) is 26.4. The van der Waals surface area contributed by atoms with Crippen molar-refractivity contribution >= 4 is 65.0 Å². The van der Waals surface area contributed by atoms with Crippen molar-refractivity contribution in [3.63, 3.8) is 0 Å². The second kappa shape index (κ2) is 39.6. The molecule has 1 aromatic carbocycles. The molecule has 0 aromatic heterocycles. The lowest BCUT2D eigenvalue weighted by Gasteiger charge is -2.29. The van der Waals surface area contributed by atoms with Crippen LogP contribution >= 0.6 is 0 Å². The van der Waals surface area contributed by atoms with Crippen molar-refractivity contribution in [2.24, 2.45) is 34.6 Å². The van der Waals surface area contributed by atoms with Gasteiger partial charge in [-0.1, -0.05) is 46.5 Å². The van der Waals surface area contributed by atoms with Crippen LogP contribution in [0.15, 0.2) is 12.1 Å². The van der Waals surface area contributed by atoms with Crippen molar-refractivity contribution in [2.45, 2.75) is 197 Å². The summed E-state index contributed by atoms with van der Waals surface area (Å²) >= 11 is 0. The Morgan fingerprint density at radius 2 is 1.05 bits per heavy atom. The molecule has 0 bridgehead atoms. The van der Waals surface area contributed by atoms with Crippen LogP contribution in [0.2, 0.25) is 0 Å². The van der Waals surface area contributed by atoms with Crippen molar-refractivity contribution in [2.75, 3.05) is 39.3 Å². The van der Waals surface area contributed by atoms with Crippen molar-refractivity contribution in [1.29, 1.82) is 0 Å². The summed E-state index contributed by atoms with van der Waals surface area (Å²) in [5.74, 6) is -16.6. The first-order valence-corrected chi connectivity index (χ1v) is 29.5. The smallest absolute Gasteiger partial charge is 0.245 e. The lowest BCUT2D eigenvalue weighted by atomic mass is 10.00. The summed E-state index contributed by atoms with van der Waals surface area (Å²) in [7, 11) is 0. The molecule has 0 radical (unpaired) electrons. The topological polar surface area (TPSA) is 491 Å². The average molecular weight is 1240 g/mol. The van der Waals surface area contributed by atoms with Crippen LogP contribution in [-0.2, 0) is 59.2 Å². The number of hydrogen-bond donors (Lipinski definition) is 18. The first-order chi connectivity index (χ1) is 41.2. The maximum atomic E-state index is 14.6. The molecule has 87 heavy (non-hydrogen) atoms. The zero-order valence-corrected chi connectivity index (χ0v) is 50.2. The number of unbranched alkanes of at least 4 members (excludes halogenated alkanes) is 4. The highest BCUT2D eigenvalue weighted by Gasteiger charge is 2.38. The summed E-state index contributed by atoms with van der Waals surface area (Å²) in [6.07, 6.45) is -1.60. The van der Waals surface area contributed by atoms with Gasteiger partial charge in [-0.25, -0.2) is 13.2 Å². The molecule has 1 aliphatic rings. The number of hydrogen-bond acceptors (Lipinski definition) is 18. The summed E-state index contributed by atoms with van der Waals surface area (Å²) in [5, 5.41) is 48.4. The van der Waals surface area contributed by atoms with Gasteiger partial charge in [0, 0.05) is 19.4 Å². The van der Waals surface area contributed by atoms with Crippen LogP contribution < -0.4 is 87.2 Å². The van der Waals surface area contributed by atoms with Gasteiger partial charge in [0.15, 0.2) is 17.5 Å². The van der Waals surface area contributed by atoms with Crippen molar-refractivity contribution in [1.82, 2.24) is 58.5 Å². The molecule has 1 aromatic rings. The van der Waals surface area contributed by atoms with E-state index in [-0.39, 0.29) is 82.7 Å². The van der Waals surface area contributed by atoms with Gasteiger partial charge in [-0.05, 0) is 122 Å². The van der Waals surface area contributed by atoms with E-state index in [0.717, 1.165) is 32.6 Å². The minimum absolute atomic E-state index is 0.0513. The first-order valence-electron chi connectivity index (χ1n) is 29.5. The zero-order valence-electron chi connectivity index (χ0n) is 50.2. The molecule has 1 heterocycles. The molecule has 11 amide bonds. The van der Waals surface area contributed by atoms with Gasteiger partial charge in [-0.15, -0.1) is 0 Å². The normalized spacial score (nSPS) is 22.3. The molecule has 0 saturated carbocycles. The fourth-order valence-electron chi connectivity index (χ4n) is 9.14. The molecule has 12 atom stereocenters. The Kier molecular flexibility index (Phi) is 34.6. The standard InChI is InChI=1S/C55H93F3N16O13/c1-6-7-8-9-10-11-42(77)65-34(12-18-59)50(82)74-45(30(5)76)55(87)70-37(15-21-62)47(79)69-39-17-23-64-54(86)44(29(4)75)73-51(83)38(16-22-63)67-46(78)35(13-19-60)68-52(84)40(24-28(2)3)71-53(85)41(27-31-25-32(56)43(58)33(57)26-31)72-48(80)36(14-20-61)66-49(39)81/h25-26,28-30,34-41,44-45,75-76H,6-24,27,59-63H2,1-5H3,(H,64,86)(H,65,77)(H,66,81)(H,67,78)(H,68,84)(H,69,79)(H,70,87)(H,71,85)(H,72,80)(H,73,83)(H,74,82)/t29-,30+,34+,35+,36-,37+,38+,39+,40+,41-,44+,45+/m1/s1. The van der Waals surface area contributed by atoms with Crippen molar-refractivity contribution in [3.8, 4) is 0 Å². The predicted octanol–water partition coefficient (Wildman–Crippen LogP) is -5.07. The fourth-order valence-corrected chi connectivity index (χ4v) is 9.14. The van der Waals surface area contributed by atoms with Crippen LogP contribution in [0, 0.1) is 23.4 Å². The summed E-state index contributed by atoms with van der Waals surface area (Å²) in [6, 6.07) is -15.1. The van der Waals surface area contributed by atoms with E-state index in [9.17, 15) is 76.1 Å². The van der Waals surface area contributed by atoms with Gasteiger partial charge in [-0.3, -0.25) is 52.7 Å². The molecular weight excluding hydrogens is 1150 g/mol. The first kappa shape index (κ1) is 76.0. The van der Waals surface area contributed by atoms with Gasteiger partial charge < -0.3 is 97.4 Å². The van der Waals surface area contributed by atoms with Crippen LogP contribution in [0.4, 0.5) is 13.2 Å². The van der Waals surface area contributed by atoms with Gasteiger partial charge >= 0.3 is 0 Å². The minimum Gasteiger partial charge on any atom is -0.391 e. The second-order valence-electron chi connectivity index (χ2n) is 21.8. The van der Waals surface area contributed by atoms with Gasteiger partial charge in [0.05, 0.1) is 12.2 Å². The van der Waals surface area contributed by atoms with E-state index in [1.54, 1.807) is 13.8 Å². The van der Waals surface area contributed by atoms with Crippen LogP contribution in [-0.4, -0.2) is 187 Å². The number of nitrogens with two attached hydrogens (primary N) is 5. The highest BCUT2D eigenvalue weighted by Crippen LogP contribution is 2.17. The number of halogens is 3. The van der Waals surface area contributed by atoms with E-state index >= 15 is 0 Å². The van der Waals surface area contributed by atoms with Gasteiger partial charge in [0.2, 0.25) is 65.0 Å². The number of rotatable bonds is 29. The molecule has 0 spiro atoms. The van der Waals surface area contributed by atoms with Crippen LogP contribution in [0.1, 0.15) is 124 Å². The van der Waals surface area contributed by atoms with Crippen molar-refractivity contribution in [3.05, 3.63) is 35.1 Å². The average Bonchev–Trinajstić information content (AvgIpc) is 3.11. The summed E-state index contributed by atoms with van der Waals surface area (Å²) in [6.45, 7) is 6.07. The van der Waals surface area contributed by atoms with E-state index in [1.807, 2.05) is 6.92 Å². The number of amides is 11. The number of carbonyl (C=O) groups excluding carboxylic acids is 11. The zero-order chi connectivity index (χ0) is 65.5. The van der Waals surface area contributed by atoms with E-state index < -0.39 is 181 Å². The highest BCUT2D eigenvalue weighted by atomic mass is 19.2. The van der Waals surface area contributed by atoms with E-state index in [2.05, 4.69) is 58.5 Å².